The van der Waals surface area contributed by atoms with Gasteiger partial charge in [-0.25, -0.2) is 4.79 Å². The van der Waals surface area contributed by atoms with E-state index in [-0.39, 0.29) is 18.5 Å². The molecule has 0 aromatic heterocycles. The van der Waals surface area contributed by atoms with Gasteiger partial charge in [0.25, 0.3) is 5.91 Å². The summed E-state index contributed by atoms with van der Waals surface area (Å²) in [6.07, 6.45) is 0.439. The van der Waals surface area contributed by atoms with Gasteiger partial charge >= 0.3 is 6.09 Å². The van der Waals surface area contributed by atoms with Crippen molar-refractivity contribution in [3.8, 4) is 11.8 Å². The van der Waals surface area contributed by atoms with Crippen LogP contribution in [0.3, 0.4) is 0 Å². The second-order valence-electron chi connectivity index (χ2n) is 8.35. The van der Waals surface area contributed by atoms with Gasteiger partial charge in [-0.15, -0.1) is 0 Å². The minimum absolute atomic E-state index is 0.111. The largest absolute Gasteiger partial charge is 0.444 e. The molecule has 2 aromatic rings. The number of amides is 2. The van der Waals surface area contributed by atoms with Gasteiger partial charge < -0.3 is 20.3 Å². The van der Waals surface area contributed by atoms with E-state index in [1.165, 1.54) is 5.56 Å². The van der Waals surface area contributed by atoms with Gasteiger partial charge in [-0.2, -0.15) is 0 Å². The maximum absolute atomic E-state index is 11.9. The first-order valence-corrected chi connectivity index (χ1v) is 10.4. The number of rotatable bonds is 3. The maximum Gasteiger partial charge on any atom is 0.408 e. The van der Waals surface area contributed by atoms with Crippen LogP contribution in [-0.4, -0.2) is 37.7 Å². The van der Waals surface area contributed by atoms with Gasteiger partial charge in [-0.1, -0.05) is 36.1 Å². The van der Waals surface area contributed by atoms with Crippen molar-refractivity contribution in [3.05, 3.63) is 65.2 Å². The molecule has 162 valence electrons. The summed E-state index contributed by atoms with van der Waals surface area (Å²) in [5, 5.41) is 5.33. The zero-order chi connectivity index (χ0) is 22.4. The Morgan fingerprint density at radius 1 is 1.13 bits per heavy atom. The summed E-state index contributed by atoms with van der Waals surface area (Å²) >= 11 is 0. The molecule has 0 fully saturated rings. The number of carbonyl (C=O) groups excluding carboxylic acids is 2. The second-order valence-corrected chi connectivity index (χ2v) is 8.35. The maximum atomic E-state index is 11.9. The van der Waals surface area contributed by atoms with Crippen LogP contribution in [0.15, 0.2) is 48.5 Å². The van der Waals surface area contributed by atoms with Gasteiger partial charge in [0, 0.05) is 24.8 Å². The number of alkyl carbamates (subject to hydrolysis) is 1. The zero-order valence-corrected chi connectivity index (χ0v) is 18.5. The van der Waals surface area contributed by atoms with Crippen molar-refractivity contribution in [2.24, 2.45) is 0 Å². The number of fused-ring (bicyclic) bond motifs is 1. The SMILES string of the molecule is CNC(=O)c1ccc(N2CCc3ccccc3C2C#CCNC(=O)OC(C)(C)C)cc1. The normalized spacial score (nSPS) is 15.2. The lowest BCUT2D eigenvalue weighted by Crippen LogP contribution is -2.35. The van der Waals surface area contributed by atoms with E-state index >= 15 is 0 Å². The van der Waals surface area contributed by atoms with Crippen LogP contribution < -0.4 is 15.5 Å². The predicted molar refractivity (Wildman–Crippen MR) is 122 cm³/mol. The van der Waals surface area contributed by atoms with Gasteiger partial charge in [0.15, 0.2) is 0 Å². The van der Waals surface area contributed by atoms with Gasteiger partial charge in [0.2, 0.25) is 0 Å². The Balaban J connectivity index is 1.80. The third kappa shape index (κ3) is 5.79. The highest BCUT2D eigenvalue weighted by molar-refractivity contribution is 5.94. The Labute approximate surface area is 184 Å². The van der Waals surface area contributed by atoms with Gasteiger partial charge in [0.05, 0.1) is 6.54 Å². The molecule has 2 N–H and O–H groups in total. The van der Waals surface area contributed by atoms with Crippen LogP contribution in [0.5, 0.6) is 0 Å². The Hall–Kier alpha value is -3.46. The molecule has 1 unspecified atom stereocenters. The summed E-state index contributed by atoms with van der Waals surface area (Å²) in [6.45, 7) is 6.49. The molecule has 0 saturated carbocycles. The van der Waals surface area contributed by atoms with Crippen molar-refractivity contribution in [2.45, 2.75) is 38.8 Å². The molecule has 6 nitrogen and oxygen atoms in total. The summed E-state index contributed by atoms with van der Waals surface area (Å²) in [5.74, 6) is 6.29. The minimum atomic E-state index is -0.544. The van der Waals surface area contributed by atoms with E-state index in [2.05, 4.69) is 39.5 Å². The van der Waals surface area contributed by atoms with Crippen LogP contribution in [0.2, 0.25) is 0 Å². The van der Waals surface area contributed by atoms with Crippen LogP contribution in [-0.2, 0) is 11.2 Å². The zero-order valence-electron chi connectivity index (χ0n) is 18.5. The molecule has 0 radical (unpaired) electrons. The molecule has 0 bridgehead atoms. The second kappa shape index (κ2) is 9.57. The van der Waals surface area contributed by atoms with Gasteiger partial charge in [-0.3, -0.25) is 4.79 Å². The average Bonchev–Trinajstić information content (AvgIpc) is 2.75. The van der Waals surface area contributed by atoms with Crippen LogP contribution >= 0.6 is 0 Å². The molecule has 3 rings (SSSR count). The lowest BCUT2D eigenvalue weighted by atomic mass is 9.92. The first-order chi connectivity index (χ1) is 14.8. The molecule has 31 heavy (non-hydrogen) atoms. The van der Waals surface area contributed by atoms with E-state index in [0.29, 0.717) is 5.56 Å². The van der Waals surface area contributed by atoms with Gasteiger partial charge in [-0.05, 0) is 62.6 Å². The third-order valence-corrected chi connectivity index (χ3v) is 4.93. The summed E-state index contributed by atoms with van der Waals surface area (Å²) in [7, 11) is 1.62. The first-order valence-electron chi connectivity index (χ1n) is 10.4. The summed E-state index contributed by atoms with van der Waals surface area (Å²) < 4.78 is 5.26. The smallest absolute Gasteiger partial charge is 0.408 e. The predicted octanol–water partition coefficient (Wildman–Crippen LogP) is 3.68. The number of nitrogens with one attached hydrogen (secondary N) is 2. The first kappa shape index (κ1) is 22.2. The molecule has 0 spiro atoms. The van der Waals surface area contributed by atoms with Crippen LogP contribution in [0.1, 0.15) is 48.3 Å². The number of carbonyl (C=O) groups is 2. The lowest BCUT2D eigenvalue weighted by Gasteiger charge is -2.36. The van der Waals surface area contributed by atoms with Crippen LogP contribution in [0.4, 0.5) is 10.5 Å². The monoisotopic (exact) mass is 419 g/mol. The number of hydrogen-bond acceptors (Lipinski definition) is 4. The Kier molecular flexibility index (Phi) is 6.86. The summed E-state index contributed by atoms with van der Waals surface area (Å²) in [6, 6.07) is 15.7. The lowest BCUT2D eigenvalue weighted by molar-refractivity contribution is 0.0535. The molecular weight excluding hydrogens is 390 g/mol. The fourth-order valence-corrected chi connectivity index (χ4v) is 3.53. The van der Waals surface area contributed by atoms with Crippen molar-refractivity contribution in [2.75, 3.05) is 25.0 Å². The number of benzene rings is 2. The Morgan fingerprint density at radius 2 is 1.84 bits per heavy atom. The molecule has 1 aliphatic rings. The van der Waals surface area contributed by atoms with Gasteiger partial charge in [0.1, 0.15) is 11.6 Å². The van der Waals surface area contributed by atoms with Crippen molar-refractivity contribution < 1.29 is 14.3 Å². The highest BCUT2D eigenvalue weighted by atomic mass is 16.6. The van der Waals surface area contributed by atoms with E-state index in [1.54, 1.807) is 7.05 Å². The van der Waals surface area contributed by atoms with E-state index in [0.717, 1.165) is 24.2 Å². The molecule has 1 heterocycles. The van der Waals surface area contributed by atoms with E-state index in [4.69, 9.17) is 4.74 Å². The third-order valence-electron chi connectivity index (χ3n) is 4.93. The fourth-order valence-electron chi connectivity index (χ4n) is 3.53. The number of nitrogens with zero attached hydrogens (tertiary/aromatic N) is 1. The van der Waals surface area contributed by atoms with Crippen LogP contribution in [0, 0.1) is 11.8 Å². The minimum Gasteiger partial charge on any atom is -0.444 e. The Bertz CT molecular complexity index is 997. The fraction of sp³-hybridized carbons (Fsp3) is 0.360. The number of hydrogen-bond donors (Lipinski definition) is 2. The van der Waals surface area contributed by atoms with E-state index < -0.39 is 11.7 Å². The topological polar surface area (TPSA) is 70.7 Å². The number of anilines is 1. The summed E-state index contributed by atoms with van der Waals surface area (Å²) in [4.78, 5) is 25.9. The summed E-state index contributed by atoms with van der Waals surface area (Å²) in [5.41, 5.74) is 3.51. The molecular formula is C25H29N3O3. The molecule has 2 amide bonds. The van der Waals surface area contributed by atoms with Crippen molar-refractivity contribution in [1.82, 2.24) is 10.6 Å². The van der Waals surface area contributed by atoms with Crippen molar-refractivity contribution in [3.63, 3.8) is 0 Å². The molecule has 0 aliphatic carbocycles. The highest BCUT2D eigenvalue weighted by Crippen LogP contribution is 2.33. The average molecular weight is 420 g/mol. The van der Waals surface area contributed by atoms with Crippen LogP contribution in [0.25, 0.3) is 0 Å². The Morgan fingerprint density at radius 3 is 2.52 bits per heavy atom. The highest BCUT2D eigenvalue weighted by Gasteiger charge is 2.26. The quantitative estimate of drug-likeness (QED) is 0.745. The van der Waals surface area contributed by atoms with Crippen molar-refractivity contribution >= 4 is 17.7 Å². The molecule has 1 atom stereocenters. The van der Waals surface area contributed by atoms with Crippen molar-refractivity contribution in [1.29, 1.82) is 0 Å². The van der Waals surface area contributed by atoms with E-state index in [9.17, 15) is 9.59 Å². The van der Waals surface area contributed by atoms with E-state index in [1.807, 2.05) is 57.2 Å². The molecule has 1 aliphatic heterocycles. The number of ether oxygens (including phenoxy) is 1. The molecule has 2 aromatic carbocycles. The molecule has 0 saturated heterocycles. The molecule has 6 heteroatoms. The standard InChI is InChI=1S/C25H29N3O3/c1-25(2,3)31-24(30)27-16-7-10-22-21-9-6-5-8-18(21)15-17-28(22)20-13-11-19(12-14-20)23(29)26-4/h5-6,8-9,11-14,22H,15-17H2,1-4H3,(H,26,29)(H,27,30).